The van der Waals surface area contributed by atoms with Crippen molar-refractivity contribution in [2.45, 2.75) is 25.3 Å². The molecule has 2 aromatic heterocycles. The number of carbonyl (C=O) groups is 1. The third-order valence-electron chi connectivity index (χ3n) is 4.33. The van der Waals surface area contributed by atoms with Gasteiger partial charge in [0.05, 0.1) is 6.61 Å². The van der Waals surface area contributed by atoms with E-state index in [1.165, 1.54) is 12.1 Å². The van der Waals surface area contributed by atoms with E-state index in [1.807, 2.05) is 6.07 Å². The maximum absolute atomic E-state index is 12.2. The Hall–Kier alpha value is -1.92. The van der Waals surface area contributed by atoms with Gasteiger partial charge in [-0.2, -0.15) is 0 Å². The number of ether oxygens (including phenoxy) is 1. The average molecular weight is 316 g/mol. The minimum Gasteiger partial charge on any atom is -0.383 e. The summed E-state index contributed by atoms with van der Waals surface area (Å²) in [5.41, 5.74) is 2.09. The predicted octanol–water partition coefficient (Wildman–Crippen LogP) is 1.27. The number of carbonyl (C=O) groups excluding carboxylic acids is 1. The highest BCUT2D eigenvalue weighted by Gasteiger charge is 2.22. The van der Waals surface area contributed by atoms with E-state index in [0.29, 0.717) is 25.6 Å². The van der Waals surface area contributed by atoms with E-state index in [4.69, 9.17) is 4.74 Å². The number of rotatable bonds is 6. The van der Waals surface area contributed by atoms with Crippen LogP contribution >= 0.6 is 0 Å². The summed E-state index contributed by atoms with van der Waals surface area (Å²) in [6.07, 6.45) is 4.10. The number of methoxy groups -OCH3 is 1. The zero-order chi connectivity index (χ0) is 16.1. The highest BCUT2D eigenvalue weighted by Crippen LogP contribution is 2.28. The third kappa shape index (κ3) is 3.71. The largest absolute Gasteiger partial charge is 0.383 e. The van der Waals surface area contributed by atoms with Gasteiger partial charge in [0.2, 0.25) is 5.91 Å². The van der Waals surface area contributed by atoms with Crippen molar-refractivity contribution in [1.82, 2.24) is 20.2 Å². The summed E-state index contributed by atoms with van der Waals surface area (Å²) in [5, 5.41) is 7.43. The van der Waals surface area contributed by atoms with Gasteiger partial charge in [-0.3, -0.25) is 4.79 Å². The van der Waals surface area contributed by atoms with Crippen LogP contribution in [0.4, 0.5) is 0 Å². The van der Waals surface area contributed by atoms with Crippen LogP contribution < -0.4 is 10.6 Å². The number of nitrogens with one attached hydrogen (secondary N) is 2. The highest BCUT2D eigenvalue weighted by molar-refractivity contribution is 5.82. The summed E-state index contributed by atoms with van der Waals surface area (Å²) in [7, 11) is 1.63. The summed E-state index contributed by atoms with van der Waals surface area (Å²) < 4.78 is 7.04. The lowest BCUT2D eigenvalue weighted by Crippen LogP contribution is -2.33. The van der Waals surface area contributed by atoms with E-state index < -0.39 is 0 Å². The normalized spacial score (nSPS) is 18.2. The lowest BCUT2D eigenvalue weighted by molar-refractivity contribution is -0.121. The van der Waals surface area contributed by atoms with Crippen molar-refractivity contribution in [3.05, 3.63) is 30.1 Å². The molecule has 0 bridgehead atoms. The van der Waals surface area contributed by atoms with Crippen LogP contribution in [0.2, 0.25) is 0 Å². The van der Waals surface area contributed by atoms with Crippen molar-refractivity contribution in [3.8, 4) is 0 Å². The first-order valence-electron chi connectivity index (χ1n) is 8.20. The Morgan fingerprint density at radius 1 is 1.57 bits per heavy atom. The van der Waals surface area contributed by atoms with Crippen molar-refractivity contribution < 1.29 is 9.53 Å². The van der Waals surface area contributed by atoms with E-state index in [2.05, 4.69) is 32.3 Å². The van der Waals surface area contributed by atoms with Crippen molar-refractivity contribution in [3.63, 3.8) is 0 Å². The van der Waals surface area contributed by atoms with Crippen molar-refractivity contribution in [2.24, 2.45) is 0 Å². The zero-order valence-electron chi connectivity index (χ0n) is 13.5. The second kappa shape index (κ2) is 7.57. The van der Waals surface area contributed by atoms with Crippen LogP contribution in [-0.2, 0) is 16.1 Å². The minimum atomic E-state index is -0.00442. The fraction of sp³-hybridized carbons (Fsp3) is 0.529. The Morgan fingerprint density at radius 2 is 2.48 bits per heavy atom. The van der Waals surface area contributed by atoms with Gasteiger partial charge >= 0.3 is 0 Å². The van der Waals surface area contributed by atoms with Crippen molar-refractivity contribution in [2.75, 3.05) is 33.4 Å². The lowest BCUT2D eigenvalue weighted by Gasteiger charge is -2.24. The molecule has 3 heterocycles. The first kappa shape index (κ1) is 16.0. The van der Waals surface area contributed by atoms with Crippen LogP contribution in [0.15, 0.2) is 24.4 Å². The molecule has 1 atom stereocenters. The van der Waals surface area contributed by atoms with E-state index in [1.54, 1.807) is 13.3 Å². The molecule has 3 rings (SSSR count). The summed E-state index contributed by atoms with van der Waals surface area (Å²) in [4.78, 5) is 16.7. The van der Waals surface area contributed by atoms with Gasteiger partial charge < -0.3 is 19.9 Å². The molecule has 1 amide bonds. The predicted molar refractivity (Wildman–Crippen MR) is 89.5 cm³/mol. The molecule has 1 fully saturated rings. The molecule has 0 spiro atoms. The molecule has 1 aliphatic rings. The molecule has 124 valence electrons. The van der Waals surface area contributed by atoms with Gasteiger partial charge in [-0.25, -0.2) is 4.98 Å². The van der Waals surface area contributed by atoms with Crippen LogP contribution in [0.5, 0.6) is 0 Å². The van der Waals surface area contributed by atoms with Crippen LogP contribution in [0.3, 0.4) is 0 Å². The Bertz CT molecular complexity index is 662. The van der Waals surface area contributed by atoms with E-state index in [9.17, 15) is 4.79 Å². The second-order valence-electron chi connectivity index (χ2n) is 5.96. The molecule has 0 radical (unpaired) electrons. The number of hydrogen-bond donors (Lipinski definition) is 2. The number of piperidine rings is 1. The number of nitrogens with zero attached hydrogens (tertiary/aromatic N) is 2. The third-order valence-corrected chi connectivity index (χ3v) is 4.33. The first-order valence-corrected chi connectivity index (χ1v) is 8.20. The Kier molecular flexibility index (Phi) is 5.25. The van der Waals surface area contributed by atoms with Gasteiger partial charge in [0.1, 0.15) is 12.2 Å². The summed E-state index contributed by atoms with van der Waals surface area (Å²) in [5.74, 6) is 0.431. The molecule has 0 aliphatic carbocycles. The molecule has 1 saturated heterocycles. The fourth-order valence-electron chi connectivity index (χ4n) is 3.21. The zero-order valence-corrected chi connectivity index (χ0v) is 13.5. The van der Waals surface area contributed by atoms with Gasteiger partial charge in [-0.15, -0.1) is 0 Å². The molecule has 1 aliphatic heterocycles. The van der Waals surface area contributed by atoms with Crippen LogP contribution in [0.1, 0.15) is 24.5 Å². The Balaban J connectivity index is 1.85. The van der Waals surface area contributed by atoms with Crippen LogP contribution in [0.25, 0.3) is 11.0 Å². The Labute approximate surface area is 136 Å². The second-order valence-corrected chi connectivity index (χ2v) is 5.96. The quantitative estimate of drug-likeness (QED) is 0.788. The molecule has 23 heavy (non-hydrogen) atoms. The summed E-state index contributed by atoms with van der Waals surface area (Å²) in [6.45, 7) is 3.39. The number of hydrogen-bond acceptors (Lipinski definition) is 4. The minimum absolute atomic E-state index is 0.00442. The van der Waals surface area contributed by atoms with Gasteiger partial charge in [0, 0.05) is 43.4 Å². The summed E-state index contributed by atoms with van der Waals surface area (Å²) in [6, 6.07) is 6.18. The van der Waals surface area contributed by atoms with E-state index in [0.717, 1.165) is 30.5 Å². The van der Waals surface area contributed by atoms with Gasteiger partial charge in [-0.05, 0) is 37.6 Å². The maximum Gasteiger partial charge on any atom is 0.240 e. The molecule has 0 saturated carbocycles. The smallest absolute Gasteiger partial charge is 0.240 e. The fourth-order valence-corrected chi connectivity index (χ4v) is 3.21. The highest BCUT2D eigenvalue weighted by atomic mass is 16.5. The lowest BCUT2D eigenvalue weighted by atomic mass is 9.96. The topological polar surface area (TPSA) is 68.2 Å². The van der Waals surface area contributed by atoms with Gasteiger partial charge in [0.25, 0.3) is 0 Å². The maximum atomic E-state index is 12.2. The number of pyridine rings is 1. The molecule has 6 heteroatoms. The SMILES string of the molecule is COCCNC(=O)Cn1c(C2CCCNC2)cc2cccnc21. The first-order chi connectivity index (χ1) is 11.3. The number of amides is 1. The van der Waals surface area contributed by atoms with Gasteiger partial charge in [-0.1, -0.05) is 0 Å². The molecule has 6 nitrogen and oxygen atoms in total. The van der Waals surface area contributed by atoms with E-state index >= 15 is 0 Å². The number of fused-ring (bicyclic) bond motifs is 1. The molecular weight excluding hydrogens is 292 g/mol. The van der Waals surface area contributed by atoms with E-state index in [-0.39, 0.29) is 5.91 Å². The van der Waals surface area contributed by atoms with Crippen molar-refractivity contribution in [1.29, 1.82) is 0 Å². The van der Waals surface area contributed by atoms with Crippen molar-refractivity contribution >= 4 is 16.9 Å². The monoisotopic (exact) mass is 316 g/mol. The number of aromatic nitrogens is 2. The Morgan fingerprint density at radius 3 is 3.26 bits per heavy atom. The molecule has 2 N–H and O–H groups in total. The van der Waals surface area contributed by atoms with Crippen LogP contribution in [0, 0.1) is 0 Å². The average Bonchev–Trinajstić information content (AvgIpc) is 2.95. The van der Waals surface area contributed by atoms with Crippen LogP contribution in [-0.4, -0.2) is 48.8 Å². The molecule has 2 aromatic rings. The molecular formula is C17H24N4O2. The summed E-state index contributed by atoms with van der Waals surface area (Å²) >= 11 is 0. The standard InChI is InChI=1S/C17H24N4O2/c1-23-9-8-19-16(22)12-21-15(14-5-2-6-18-11-14)10-13-4-3-7-20-17(13)21/h3-4,7,10,14,18H,2,5-6,8-9,11-12H2,1H3,(H,19,22). The van der Waals surface area contributed by atoms with Gasteiger partial charge in [0.15, 0.2) is 0 Å². The molecule has 0 aromatic carbocycles. The molecule has 1 unspecified atom stereocenters.